The van der Waals surface area contributed by atoms with Crippen molar-refractivity contribution >= 4 is 78.3 Å². The molecule has 0 radical (unpaired) electrons. The van der Waals surface area contributed by atoms with Gasteiger partial charge in [-0.15, -0.1) is 0 Å². The van der Waals surface area contributed by atoms with Crippen molar-refractivity contribution < 1.29 is 15.2 Å². The normalized spacial score (nSPS) is 11.7. The Morgan fingerprint density at radius 1 is 0.571 bits per heavy atom. The van der Waals surface area contributed by atoms with Crippen molar-refractivity contribution in [3.8, 4) is 0 Å². The Balaban J connectivity index is 0.000000190. The van der Waals surface area contributed by atoms with Gasteiger partial charge in [0.05, 0.1) is 16.8 Å². The predicted octanol–water partition coefficient (Wildman–Crippen LogP) is 13.7. The molecule has 0 saturated carbocycles. The molecular weight excluding hydrogens is 701 g/mol. The van der Waals surface area contributed by atoms with E-state index in [0.717, 1.165) is 50.1 Å². The summed E-state index contributed by atoms with van der Waals surface area (Å²) in [6, 6.07) is 28.1. The molecule has 8 aromatic rings. The van der Waals surface area contributed by atoms with Gasteiger partial charge in [0.1, 0.15) is 34.1 Å². The van der Waals surface area contributed by atoms with Gasteiger partial charge in [0.25, 0.3) is 0 Å². The van der Waals surface area contributed by atoms with E-state index in [1.54, 1.807) is 6.20 Å². The highest BCUT2D eigenvalue weighted by molar-refractivity contribution is 6.10. The predicted molar refractivity (Wildman–Crippen MR) is 232 cm³/mol. The number of pyridine rings is 2. The summed E-state index contributed by atoms with van der Waals surface area (Å²) in [5, 5.41) is 20.6. The van der Waals surface area contributed by atoms with Crippen molar-refractivity contribution in [3.63, 3.8) is 0 Å². The molecule has 0 amide bonds. The lowest BCUT2D eigenvalue weighted by atomic mass is 9.92. The first kappa shape index (κ1) is 37.9. The lowest BCUT2D eigenvalue weighted by Gasteiger charge is -2.21. The van der Waals surface area contributed by atoms with Crippen LogP contribution in [0.25, 0.3) is 44.1 Å². The molecule has 0 fully saturated rings. The molecule has 0 saturated heterocycles. The van der Waals surface area contributed by atoms with Crippen LogP contribution in [0.15, 0.2) is 106 Å². The van der Waals surface area contributed by atoms with E-state index in [2.05, 4.69) is 106 Å². The van der Waals surface area contributed by atoms with E-state index in [1.165, 1.54) is 17.3 Å². The molecule has 0 spiro atoms. The van der Waals surface area contributed by atoms with E-state index in [9.17, 15) is 10.1 Å². The molecule has 0 aliphatic heterocycles. The Bertz CT molecular complexity index is 2680. The third kappa shape index (κ3) is 6.98. The van der Waals surface area contributed by atoms with E-state index in [0.29, 0.717) is 45.5 Å². The first-order valence-electron chi connectivity index (χ1n) is 19.2. The molecule has 0 atom stereocenters. The van der Waals surface area contributed by atoms with Crippen molar-refractivity contribution in [2.75, 3.05) is 16.4 Å². The number of para-hydroxylation sites is 4. The number of furan rings is 2. The SMILES string of the molecule is CC(C)c1cccc(C(C)C)c1Nc1c(N)cnc2c1oc1ccccc12.CC(C)c1cccc(C(C)C)c1Nc1c([N+](=O)[O-])cnc2c1oc1ccccc12.[HH]. The van der Waals surface area contributed by atoms with Gasteiger partial charge in [-0.3, -0.25) is 10.1 Å². The van der Waals surface area contributed by atoms with Gasteiger partial charge in [0, 0.05) is 23.6 Å². The second-order valence-electron chi connectivity index (χ2n) is 15.4. The number of nitrogens with two attached hydrogens (primary N) is 1. The molecule has 10 heteroatoms. The van der Waals surface area contributed by atoms with Crippen LogP contribution in [0.4, 0.5) is 34.1 Å². The highest BCUT2D eigenvalue weighted by atomic mass is 16.6. The zero-order valence-corrected chi connectivity index (χ0v) is 33.1. The summed E-state index contributed by atoms with van der Waals surface area (Å²) in [5.41, 5.74) is 18.7. The smallest absolute Gasteiger partial charge is 0.314 e. The zero-order valence-electron chi connectivity index (χ0n) is 33.1. The van der Waals surface area contributed by atoms with Crippen LogP contribution in [-0.4, -0.2) is 14.9 Å². The van der Waals surface area contributed by atoms with Crippen LogP contribution < -0.4 is 16.4 Å². The van der Waals surface area contributed by atoms with Crippen molar-refractivity contribution in [1.82, 2.24) is 9.97 Å². The Kier molecular flexibility index (Phi) is 10.4. The largest absolute Gasteiger partial charge is 0.452 e. The highest BCUT2D eigenvalue weighted by Gasteiger charge is 2.26. The van der Waals surface area contributed by atoms with Crippen LogP contribution in [0.2, 0.25) is 0 Å². The lowest BCUT2D eigenvalue weighted by molar-refractivity contribution is -0.384. The van der Waals surface area contributed by atoms with E-state index < -0.39 is 4.92 Å². The van der Waals surface area contributed by atoms with E-state index >= 15 is 0 Å². The van der Waals surface area contributed by atoms with Gasteiger partial charge in [-0.05, 0) is 70.2 Å². The molecule has 4 aromatic heterocycles. The number of hydrogen-bond donors (Lipinski definition) is 3. The van der Waals surface area contributed by atoms with E-state index in [4.69, 9.17) is 14.6 Å². The minimum atomic E-state index is -0.422. The lowest BCUT2D eigenvalue weighted by Crippen LogP contribution is -2.06. The van der Waals surface area contributed by atoms with Crippen LogP contribution >= 0.6 is 0 Å². The van der Waals surface area contributed by atoms with Gasteiger partial charge in [-0.25, -0.2) is 9.97 Å². The number of anilines is 5. The molecule has 0 aliphatic carbocycles. The van der Waals surface area contributed by atoms with E-state index in [1.807, 2.05) is 54.6 Å². The number of rotatable bonds is 9. The van der Waals surface area contributed by atoms with Crippen molar-refractivity contribution in [2.45, 2.75) is 79.1 Å². The summed E-state index contributed by atoms with van der Waals surface area (Å²) in [7, 11) is 0. The minimum Gasteiger partial charge on any atom is -0.452 e. The standard InChI is InChI=1S/C23H23N3O3.C23H25N3O.H2/c1-13(2)15-9-7-10-16(14(3)4)20(15)25-22-18(26(27)28)12-24-21-17-8-5-6-11-19(17)29-23(21)22;1-13(2)15-9-7-10-16(14(3)4)20(15)26-22-18(24)12-25-21-17-8-5-6-11-19(17)27-23(21)22;/h5-14H,1-4H3,(H,24,25);5-14H,24H2,1-4H3,(H,25,26);1H. The Labute approximate surface area is 327 Å². The number of nitrogens with one attached hydrogen (secondary N) is 2. The Hall–Kier alpha value is -6.42. The number of nitrogen functional groups attached to an aromatic ring is 1. The molecule has 4 heterocycles. The second kappa shape index (κ2) is 15.4. The monoisotopic (exact) mass is 750 g/mol. The van der Waals surface area contributed by atoms with Gasteiger partial charge in [0.2, 0.25) is 0 Å². The van der Waals surface area contributed by atoms with Crippen LogP contribution in [0.5, 0.6) is 0 Å². The molecule has 10 nitrogen and oxygen atoms in total. The maximum absolute atomic E-state index is 11.8. The average molecular weight is 751 g/mol. The third-order valence-corrected chi connectivity index (χ3v) is 10.2. The Morgan fingerprint density at radius 2 is 0.964 bits per heavy atom. The number of fused-ring (bicyclic) bond motifs is 6. The summed E-state index contributed by atoms with van der Waals surface area (Å²) < 4.78 is 12.2. The van der Waals surface area contributed by atoms with Crippen LogP contribution in [0, 0.1) is 10.1 Å². The second-order valence-corrected chi connectivity index (χ2v) is 15.4. The number of hydrogen-bond acceptors (Lipinski definition) is 9. The van der Waals surface area contributed by atoms with Gasteiger partial charge in [0.15, 0.2) is 16.9 Å². The van der Waals surface area contributed by atoms with Crippen LogP contribution in [-0.2, 0) is 0 Å². The van der Waals surface area contributed by atoms with Crippen LogP contribution in [0.1, 0.15) is 103 Å². The quantitative estimate of drug-likeness (QED) is 0.0969. The highest BCUT2D eigenvalue weighted by Crippen LogP contribution is 2.43. The average Bonchev–Trinajstić information content (AvgIpc) is 3.75. The number of benzene rings is 4. The fraction of sp³-hybridized carbons (Fsp3) is 0.261. The Morgan fingerprint density at radius 3 is 1.39 bits per heavy atom. The molecule has 288 valence electrons. The van der Waals surface area contributed by atoms with E-state index in [-0.39, 0.29) is 18.9 Å². The number of nitrogens with zero attached hydrogens (tertiary/aromatic N) is 3. The summed E-state index contributed by atoms with van der Waals surface area (Å²) in [5.74, 6) is 1.28. The molecule has 0 unspecified atom stereocenters. The summed E-state index contributed by atoms with van der Waals surface area (Å²) in [4.78, 5) is 20.2. The third-order valence-electron chi connectivity index (χ3n) is 10.2. The molecule has 4 N–H and O–H groups in total. The molecule has 56 heavy (non-hydrogen) atoms. The number of aromatic nitrogens is 2. The maximum Gasteiger partial charge on any atom is 0.314 e. The molecule has 0 bridgehead atoms. The molecule has 4 aromatic carbocycles. The summed E-state index contributed by atoms with van der Waals surface area (Å²) in [6.45, 7) is 17.3. The molecule has 0 aliphatic rings. The van der Waals surface area contributed by atoms with Crippen LogP contribution in [0.3, 0.4) is 0 Å². The first-order valence-corrected chi connectivity index (χ1v) is 19.2. The van der Waals surface area contributed by atoms with Gasteiger partial charge in [-0.2, -0.15) is 0 Å². The van der Waals surface area contributed by atoms with Gasteiger partial charge < -0.3 is 25.2 Å². The fourth-order valence-electron chi connectivity index (χ4n) is 7.32. The summed E-state index contributed by atoms with van der Waals surface area (Å²) >= 11 is 0. The fourth-order valence-corrected chi connectivity index (χ4v) is 7.32. The molecule has 8 rings (SSSR count). The topological polar surface area (TPSA) is 145 Å². The zero-order chi connectivity index (χ0) is 39.8. The van der Waals surface area contributed by atoms with Crippen molar-refractivity contribution in [3.05, 3.63) is 130 Å². The summed E-state index contributed by atoms with van der Waals surface area (Å²) in [6.07, 6.45) is 3.01. The first-order chi connectivity index (χ1) is 26.8. The van der Waals surface area contributed by atoms with Crippen molar-refractivity contribution in [1.29, 1.82) is 0 Å². The van der Waals surface area contributed by atoms with Crippen molar-refractivity contribution in [2.24, 2.45) is 0 Å². The van der Waals surface area contributed by atoms with Gasteiger partial charge in [-0.1, -0.05) is 116 Å². The number of nitro groups is 1. The molecular formula is C46H50N6O4. The maximum atomic E-state index is 11.8. The minimum absolute atomic E-state index is 0. The van der Waals surface area contributed by atoms with Gasteiger partial charge >= 0.3 is 5.69 Å².